The Morgan fingerprint density at radius 1 is 1.03 bits per heavy atom. The summed E-state index contributed by atoms with van der Waals surface area (Å²) in [5.74, 6) is 0.333. The molecule has 0 bridgehead atoms. The van der Waals surface area contributed by atoms with Crippen molar-refractivity contribution in [3.63, 3.8) is 0 Å². The van der Waals surface area contributed by atoms with Crippen molar-refractivity contribution in [1.82, 2.24) is 14.2 Å². The molecule has 0 saturated heterocycles. The van der Waals surface area contributed by atoms with Crippen molar-refractivity contribution in [3.8, 4) is 22.8 Å². The van der Waals surface area contributed by atoms with E-state index in [1.165, 1.54) is 39.5 Å². The number of halogens is 1. The molecule has 31 heavy (non-hydrogen) atoms. The summed E-state index contributed by atoms with van der Waals surface area (Å²) in [6.45, 7) is -0.191. The minimum absolute atomic E-state index is 0.191. The number of methoxy groups -OCH3 is 2. The fourth-order valence-electron chi connectivity index (χ4n) is 3.18. The Balaban J connectivity index is 1.60. The van der Waals surface area contributed by atoms with Crippen molar-refractivity contribution in [1.29, 1.82) is 0 Å². The summed E-state index contributed by atoms with van der Waals surface area (Å²) in [5.41, 5.74) is 1.73. The molecule has 1 N–H and O–H groups in total. The fourth-order valence-corrected chi connectivity index (χ4v) is 3.18. The third kappa shape index (κ3) is 4.11. The van der Waals surface area contributed by atoms with Crippen LogP contribution in [0.5, 0.6) is 11.5 Å². The van der Waals surface area contributed by atoms with Crippen LogP contribution in [0.3, 0.4) is 0 Å². The Morgan fingerprint density at radius 3 is 2.48 bits per heavy atom. The first-order valence-electron chi connectivity index (χ1n) is 9.35. The summed E-state index contributed by atoms with van der Waals surface area (Å²) < 4.78 is 26.3. The number of hydrogen-bond acceptors (Lipinski definition) is 5. The maximum absolute atomic E-state index is 13.0. The van der Waals surface area contributed by atoms with E-state index < -0.39 is 11.7 Å². The molecule has 2 aromatic heterocycles. The zero-order chi connectivity index (χ0) is 22.0. The van der Waals surface area contributed by atoms with E-state index in [0.29, 0.717) is 28.4 Å². The van der Waals surface area contributed by atoms with Crippen LogP contribution in [0.2, 0.25) is 0 Å². The molecule has 9 heteroatoms. The molecule has 0 unspecified atom stereocenters. The van der Waals surface area contributed by atoms with E-state index >= 15 is 0 Å². The Morgan fingerprint density at radius 2 is 1.77 bits per heavy atom. The number of amides is 1. The highest BCUT2D eigenvalue weighted by Crippen LogP contribution is 2.31. The normalized spacial score (nSPS) is 10.8. The summed E-state index contributed by atoms with van der Waals surface area (Å²) in [6, 6.07) is 12.4. The van der Waals surface area contributed by atoms with Crippen LogP contribution < -0.4 is 20.3 Å². The van der Waals surface area contributed by atoms with E-state index in [-0.39, 0.29) is 12.1 Å². The molecule has 4 rings (SSSR count). The highest BCUT2D eigenvalue weighted by molar-refractivity contribution is 5.90. The molecule has 0 aliphatic rings. The maximum Gasteiger partial charge on any atom is 0.277 e. The van der Waals surface area contributed by atoms with Gasteiger partial charge in [-0.3, -0.25) is 9.59 Å². The number of hydrogen-bond donors (Lipinski definition) is 1. The van der Waals surface area contributed by atoms with Crippen molar-refractivity contribution < 1.29 is 18.7 Å². The molecule has 2 aromatic carbocycles. The number of ether oxygens (including phenoxy) is 2. The predicted octanol–water partition coefficient (Wildman–Crippen LogP) is 2.96. The average molecular weight is 422 g/mol. The molecule has 2 heterocycles. The standard InChI is InChI=1S/C22H19FN4O4/c1-30-19-8-3-14(11-20(19)31-2)17-12-18-22(29)26(9-10-27(18)25-17)13-21(28)24-16-6-4-15(23)5-7-16/h3-12H,13H2,1-2H3,(H,24,28). The predicted molar refractivity (Wildman–Crippen MR) is 113 cm³/mol. The lowest BCUT2D eigenvalue weighted by Gasteiger charge is -2.08. The van der Waals surface area contributed by atoms with Crippen molar-refractivity contribution in [3.05, 3.63) is 77.1 Å². The number of carbonyl (C=O) groups is 1. The largest absolute Gasteiger partial charge is 0.493 e. The molecule has 0 aliphatic heterocycles. The second kappa shape index (κ2) is 8.31. The maximum atomic E-state index is 13.0. The van der Waals surface area contributed by atoms with E-state index in [9.17, 15) is 14.0 Å². The number of aromatic nitrogens is 3. The second-order valence-corrected chi connectivity index (χ2v) is 6.72. The molecule has 0 fully saturated rings. The minimum atomic E-state index is -0.405. The summed E-state index contributed by atoms with van der Waals surface area (Å²) >= 11 is 0. The molecule has 0 spiro atoms. The molecular formula is C22H19FN4O4. The number of benzene rings is 2. The number of anilines is 1. The average Bonchev–Trinajstić information content (AvgIpc) is 3.22. The van der Waals surface area contributed by atoms with E-state index in [4.69, 9.17) is 9.47 Å². The smallest absolute Gasteiger partial charge is 0.277 e. The Bertz CT molecular complexity index is 1310. The van der Waals surface area contributed by atoms with Crippen LogP contribution in [-0.2, 0) is 11.3 Å². The molecule has 4 aromatic rings. The molecule has 0 atom stereocenters. The van der Waals surface area contributed by atoms with Crippen molar-refractivity contribution in [2.45, 2.75) is 6.54 Å². The van der Waals surface area contributed by atoms with Gasteiger partial charge in [0.15, 0.2) is 11.5 Å². The van der Waals surface area contributed by atoms with Crippen LogP contribution in [0, 0.1) is 5.82 Å². The third-order valence-corrected chi connectivity index (χ3v) is 4.72. The molecule has 0 radical (unpaired) electrons. The van der Waals surface area contributed by atoms with E-state index in [2.05, 4.69) is 10.4 Å². The minimum Gasteiger partial charge on any atom is -0.493 e. The molecule has 1 amide bonds. The highest BCUT2D eigenvalue weighted by atomic mass is 19.1. The zero-order valence-electron chi connectivity index (χ0n) is 16.8. The summed E-state index contributed by atoms with van der Waals surface area (Å²) in [5, 5.41) is 7.08. The first-order valence-corrected chi connectivity index (χ1v) is 9.35. The van der Waals surface area contributed by atoms with Crippen molar-refractivity contribution in [2.24, 2.45) is 0 Å². The molecule has 0 saturated carbocycles. The van der Waals surface area contributed by atoms with Gasteiger partial charge in [-0.25, -0.2) is 8.91 Å². The molecular weight excluding hydrogens is 403 g/mol. The molecule has 8 nitrogen and oxygen atoms in total. The first kappa shape index (κ1) is 20.1. The third-order valence-electron chi connectivity index (χ3n) is 4.72. The van der Waals surface area contributed by atoms with E-state index in [1.807, 2.05) is 6.07 Å². The highest BCUT2D eigenvalue weighted by Gasteiger charge is 2.13. The van der Waals surface area contributed by atoms with Gasteiger partial charge < -0.3 is 19.4 Å². The first-order chi connectivity index (χ1) is 15.0. The second-order valence-electron chi connectivity index (χ2n) is 6.72. The van der Waals surface area contributed by atoms with Crippen LogP contribution in [-0.4, -0.2) is 34.3 Å². The fraction of sp³-hybridized carbons (Fsp3) is 0.136. The lowest BCUT2D eigenvalue weighted by atomic mass is 10.1. The monoisotopic (exact) mass is 422 g/mol. The van der Waals surface area contributed by atoms with Gasteiger partial charge in [0.05, 0.1) is 19.9 Å². The number of nitrogens with zero attached hydrogens (tertiary/aromatic N) is 3. The molecule has 158 valence electrons. The van der Waals surface area contributed by atoms with E-state index in [1.54, 1.807) is 38.6 Å². The van der Waals surface area contributed by atoms with Crippen LogP contribution >= 0.6 is 0 Å². The summed E-state index contributed by atoms with van der Waals surface area (Å²) in [7, 11) is 3.10. The van der Waals surface area contributed by atoms with Crippen molar-refractivity contribution in [2.75, 3.05) is 19.5 Å². The Labute approximate surface area is 176 Å². The lowest BCUT2D eigenvalue weighted by molar-refractivity contribution is -0.116. The number of fused-ring (bicyclic) bond motifs is 1. The van der Waals surface area contributed by atoms with Gasteiger partial charge in [0, 0.05) is 23.6 Å². The Kier molecular flexibility index (Phi) is 5.40. The summed E-state index contributed by atoms with van der Waals surface area (Å²) in [6.07, 6.45) is 3.09. The van der Waals surface area contributed by atoms with Crippen LogP contribution in [0.25, 0.3) is 16.8 Å². The summed E-state index contributed by atoms with van der Waals surface area (Å²) in [4.78, 5) is 25.2. The number of carbonyl (C=O) groups excluding carboxylic acids is 1. The van der Waals surface area contributed by atoms with Gasteiger partial charge in [0.25, 0.3) is 5.56 Å². The topological polar surface area (TPSA) is 86.9 Å². The van der Waals surface area contributed by atoms with Crippen LogP contribution in [0.15, 0.2) is 65.7 Å². The van der Waals surface area contributed by atoms with E-state index in [0.717, 1.165) is 5.56 Å². The number of rotatable bonds is 6. The van der Waals surface area contributed by atoms with Gasteiger partial charge in [-0.15, -0.1) is 0 Å². The quantitative estimate of drug-likeness (QED) is 0.516. The van der Waals surface area contributed by atoms with Gasteiger partial charge in [-0.2, -0.15) is 5.10 Å². The van der Waals surface area contributed by atoms with Crippen LogP contribution in [0.1, 0.15) is 0 Å². The lowest BCUT2D eigenvalue weighted by Crippen LogP contribution is -2.28. The van der Waals surface area contributed by atoms with Crippen LogP contribution in [0.4, 0.5) is 10.1 Å². The van der Waals surface area contributed by atoms with Gasteiger partial charge in [0.2, 0.25) is 5.91 Å². The van der Waals surface area contributed by atoms with Gasteiger partial charge >= 0.3 is 0 Å². The Hall–Kier alpha value is -4.14. The number of nitrogens with one attached hydrogen (secondary N) is 1. The SMILES string of the molecule is COc1ccc(-c2cc3c(=O)n(CC(=O)Nc4ccc(F)cc4)ccn3n2)cc1OC. The van der Waals surface area contributed by atoms with Gasteiger partial charge in [0.1, 0.15) is 17.9 Å². The molecule has 0 aliphatic carbocycles. The van der Waals surface area contributed by atoms with Gasteiger partial charge in [-0.05, 0) is 48.5 Å². The van der Waals surface area contributed by atoms with Crippen molar-refractivity contribution >= 4 is 17.1 Å². The zero-order valence-corrected chi connectivity index (χ0v) is 16.8. The van der Waals surface area contributed by atoms with Gasteiger partial charge in [-0.1, -0.05) is 0 Å².